The first-order valence-corrected chi connectivity index (χ1v) is 0. The molecular weight excluding hydrogens is 489 g/mol. The van der Waals surface area contributed by atoms with E-state index in [9.17, 15) is 0 Å². The van der Waals surface area contributed by atoms with Gasteiger partial charge < -0.3 is 0 Å². The third kappa shape index (κ3) is 8.91. The second-order valence-electron chi connectivity index (χ2n) is 0. The molecular formula is H9BiGaInMo. The van der Waals surface area contributed by atoms with E-state index in [0.29, 0.717) is 0 Å². The van der Waals surface area contributed by atoms with Gasteiger partial charge in [-0.3, -0.25) is 0 Å². The van der Waals surface area contributed by atoms with Crippen LogP contribution < -0.4 is 0 Å². The number of hydrogen-bond acceptors (Lipinski definition) is 0. The van der Waals surface area contributed by atoms with Gasteiger partial charge in [-0.25, -0.2) is 0 Å². The second kappa shape index (κ2) is 16.5. The van der Waals surface area contributed by atoms with Crippen molar-refractivity contribution in [3.8, 4) is 0 Å². The van der Waals surface area contributed by atoms with Crippen LogP contribution in [0.5, 0.6) is 0 Å². The van der Waals surface area contributed by atoms with Gasteiger partial charge in [-0.15, -0.1) is 0 Å². The van der Waals surface area contributed by atoms with E-state index in [2.05, 4.69) is 0 Å². The Bertz CT molecular complexity index is 8.00. The van der Waals surface area contributed by atoms with Crippen molar-refractivity contribution in [1.29, 1.82) is 0 Å². The molecule has 0 N–H and O–H groups in total. The maximum absolute atomic E-state index is 0. The Balaban J connectivity index is 0. The molecule has 0 amide bonds. The molecule has 0 radical (unpaired) electrons. The van der Waals surface area contributed by atoms with E-state index in [4.69, 9.17) is 0 Å². The van der Waals surface area contributed by atoms with Gasteiger partial charge in [-0.1, -0.05) is 0 Å². The smallest absolute Gasteiger partial charge is 0 e. The van der Waals surface area contributed by atoms with Gasteiger partial charge in [0.25, 0.3) is 0 Å². The van der Waals surface area contributed by atoms with Gasteiger partial charge in [0.15, 0.2) is 0 Å². The van der Waals surface area contributed by atoms with Gasteiger partial charge in [-0.05, 0) is 0 Å². The molecule has 0 fully saturated rings. The second-order valence-corrected chi connectivity index (χ2v) is 0. The summed E-state index contributed by atoms with van der Waals surface area (Å²) in [5.74, 6) is 0. The molecule has 0 aliphatic rings. The monoisotopic (exact) mass is 500 g/mol. The predicted octanol–water partition coefficient (Wildman–Crippen LogP) is -3.55. The molecule has 0 heterocycles. The van der Waals surface area contributed by atoms with Gasteiger partial charge >= 0.3 is 71.8 Å². The van der Waals surface area contributed by atoms with E-state index in [1.54, 1.807) is 0 Å². The van der Waals surface area contributed by atoms with Crippen molar-refractivity contribution in [2.75, 3.05) is 0 Å². The Kier molecular flexibility index (Phi) is 114. The van der Waals surface area contributed by atoms with Crippen molar-refractivity contribution in [3.63, 3.8) is 0 Å². The van der Waals surface area contributed by atoms with E-state index in [-0.39, 0.29) is 92.9 Å². The van der Waals surface area contributed by atoms with E-state index in [0.717, 1.165) is 0 Å². The summed E-state index contributed by atoms with van der Waals surface area (Å²) >= 11 is 0. The molecule has 0 unspecified atom stereocenters. The van der Waals surface area contributed by atoms with Crippen LogP contribution in [0.3, 0.4) is 0 Å². The third-order valence-corrected chi connectivity index (χ3v) is 0. The molecule has 4 heteroatoms. The molecule has 0 bridgehead atoms. The molecule has 0 rings (SSSR count). The summed E-state index contributed by atoms with van der Waals surface area (Å²) < 4.78 is 0. The first kappa shape index (κ1) is 27.6. The van der Waals surface area contributed by atoms with Crippen molar-refractivity contribution in [3.05, 3.63) is 0 Å². The fraction of sp³-hybridized carbons (Fsp3) is 0. The SMILES string of the molecule is [BiH3].[GaH3].[InH3].[Mo]. The Morgan fingerprint density at radius 3 is 1.00 bits per heavy atom. The number of hydrogen-bond donors (Lipinski definition) is 0. The zero-order chi connectivity index (χ0) is 0. The van der Waals surface area contributed by atoms with Gasteiger partial charge in [0, 0.05) is 21.1 Å². The molecule has 0 aliphatic heterocycles. The zero-order valence-corrected chi connectivity index (χ0v) is 8.62. The Morgan fingerprint density at radius 2 is 1.00 bits per heavy atom. The summed E-state index contributed by atoms with van der Waals surface area (Å²) in [4.78, 5) is 0. The zero-order valence-electron chi connectivity index (χ0n) is 1.12. The van der Waals surface area contributed by atoms with Crippen molar-refractivity contribution >= 4 is 71.8 Å². The van der Waals surface area contributed by atoms with Gasteiger partial charge in [0.05, 0.1) is 0 Å². The fourth-order valence-corrected chi connectivity index (χ4v) is 0. The minimum atomic E-state index is 0. The summed E-state index contributed by atoms with van der Waals surface area (Å²) in [6, 6.07) is 0. The fourth-order valence-electron chi connectivity index (χ4n) is 0. The van der Waals surface area contributed by atoms with Crippen LogP contribution in [0.1, 0.15) is 0 Å². The molecule has 4 heavy (non-hydrogen) atoms. The molecule has 0 aliphatic carbocycles. The van der Waals surface area contributed by atoms with Crippen LogP contribution in [-0.2, 0) is 21.1 Å². The van der Waals surface area contributed by atoms with Crippen LogP contribution in [0, 0.1) is 0 Å². The average molecular weight is 499 g/mol. The van der Waals surface area contributed by atoms with Crippen LogP contribution in [0.2, 0.25) is 0 Å². The molecule has 0 saturated carbocycles. The molecule has 0 aromatic carbocycles. The quantitative estimate of drug-likeness (QED) is 0.304. The van der Waals surface area contributed by atoms with E-state index in [1.807, 2.05) is 0 Å². The maximum Gasteiger partial charge on any atom is 0 e. The van der Waals surface area contributed by atoms with Gasteiger partial charge in [-0.2, -0.15) is 0 Å². The first-order chi connectivity index (χ1) is 0. The molecule has 26 valence electrons. The van der Waals surface area contributed by atoms with Crippen LogP contribution >= 0.6 is 0 Å². The Labute approximate surface area is 91.1 Å². The van der Waals surface area contributed by atoms with Crippen molar-refractivity contribution < 1.29 is 21.1 Å². The maximum atomic E-state index is 0. The predicted molar refractivity (Wildman–Crippen MR) is 29.8 cm³/mol. The first-order valence-electron chi connectivity index (χ1n) is 0. The van der Waals surface area contributed by atoms with Crippen molar-refractivity contribution in [2.24, 2.45) is 0 Å². The van der Waals surface area contributed by atoms with E-state index in [1.165, 1.54) is 0 Å². The largest absolute Gasteiger partial charge is 0 e. The van der Waals surface area contributed by atoms with Crippen LogP contribution in [0.25, 0.3) is 0 Å². The Morgan fingerprint density at radius 1 is 1.00 bits per heavy atom. The van der Waals surface area contributed by atoms with Crippen LogP contribution in [-0.4, -0.2) is 71.8 Å². The van der Waals surface area contributed by atoms with Gasteiger partial charge in [0.2, 0.25) is 0 Å². The van der Waals surface area contributed by atoms with Crippen molar-refractivity contribution in [1.82, 2.24) is 0 Å². The molecule has 0 aromatic heterocycles. The topological polar surface area (TPSA) is 0 Å². The minimum absolute atomic E-state index is 0. The summed E-state index contributed by atoms with van der Waals surface area (Å²) in [6.07, 6.45) is 0. The third-order valence-electron chi connectivity index (χ3n) is 0. The molecule has 0 atom stereocenters. The summed E-state index contributed by atoms with van der Waals surface area (Å²) in [7, 11) is 0. The van der Waals surface area contributed by atoms with E-state index >= 15 is 0 Å². The standard InChI is InChI=1S/Bi.Ga.In.Mo.9H. The molecule has 0 aromatic rings. The normalized spacial score (nSPS) is 0. The minimum Gasteiger partial charge on any atom is 0 e. The summed E-state index contributed by atoms with van der Waals surface area (Å²) in [6.45, 7) is 0. The summed E-state index contributed by atoms with van der Waals surface area (Å²) in [5.41, 5.74) is 0. The van der Waals surface area contributed by atoms with Crippen LogP contribution in [0.4, 0.5) is 0 Å². The van der Waals surface area contributed by atoms with Gasteiger partial charge in [0.1, 0.15) is 0 Å². The van der Waals surface area contributed by atoms with E-state index < -0.39 is 0 Å². The number of rotatable bonds is 0. The summed E-state index contributed by atoms with van der Waals surface area (Å²) in [5, 5.41) is 0. The Hall–Kier alpha value is 3.08. The van der Waals surface area contributed by atoms with Crippen LogP contribution in [0.15, 0.2) is 0 Å². The average Bonchev–Trinajstić information content (AvgIpc) is 0. The molecule has 0 spiro atoms. The molecule has 0 saturated heterocycles. The van der Waals surface area contributed by atoms with Crippen molar-refractivity contribution in [2.45, 2.75) is 0 Å². The molecule has 0 nitrogen and oxygen atoms in total.